The highest BCUT2D eigenvalue weighted by Gasteiger charge is 2.28. The van der Waals surface area contributed by atoms with E-state index < -0.39 is 0 Å². The summed E-state index contributed by atoms with van der Waals surface area (Å²) in [4.78, 5) is 22.8. The van der Waals surface area contributed by atoms with E-state index in [1.54, 1.807) is 18.5 Å². The minimum Gasteiger partial charge on any atom is -0.460 e. The van der Waals surface area contributed by atoms with Crippen LogP contribution in [0.5, 0.6) is 6.01 Å². The van der Waals surface area contributed by atoms with E-state index >= 15 is 0 Å². The molecule has 0 unspecified atom stereocenters. The molecule has 6 nitrogen and oxygen atoms in total. The summed E-state index contributed by atoms with van der Waals surface area (Å²) in [5, 5.41) is 3.24. The van der Waals surface area contributed by atoms with Crippen LogP contribution in [0.15, 0.2) is 18.5 Å². The van der Waals surface area contributed by atoms with Gasteiger partial charge in [0.05, 0.1) is 5.92 Å². The molecule has 1 amide bonds. The first-order valence-electron chi connectivity index (χ1n) is 8.63. The van der Waals surface area contributed by atoms with Crippen LogP contribution in [-0.2, 0) is 4.79 Å². The number of nitrogens with one attached hydrogen (secondary N) is 1. The van der Waals surface area contributed by atoms with Gasteiger partial charge < -0.3 is 15.0 Å². The SMILES string of the molecule is CN1CCC[C@@H](C(=O)NC2CCC(Oc3ncccn3)CC2)C1. The number of hydrogen-bond donors (Lipinski definition) is 1. The number of amides is 1. The average molecular weight is 318 g/mol. The third-order valence-corrected chi connectivity index (χ3v) is 4.83. The molecular formula is C17H26N4O2. The van der Waals surface area contributed by atoms with Gasteiger partial charge in [-0.1, -0.05) is 0 Å². The third kappa shape index (κ3) is 4.64. The van der Waals surface area contributed by atoms with Crippen LogP contribution in [0.25, 0.3) is 0 Å². The van der Waals surface area contributed by atoms with Crippen LogP contribution in [0.1, 0.15) is 38.5 Å². The zero-order valence-electron chi connectivity index (χ0n) is 13.8. The van der Waals surface area contributed by atoms with Crippen LogP contribution < -0.4 is 10.1 Å². The molecule has 6 heteroatoms. The van der Waals surface area contributed by atoms with Crippen LogP contribution in [0.2, 0.25) is 0 Å². The second-order valence-corrected chi connectivity index (χ2v) is 6.73. The largest absolute Gasteiger partial charge is 0.460 e. The highest BCUT2D eigenvalue weighted by molar-refractivity contribution is 5.79. The van der Waals surface area contributed by atoms with Gasteiger partial charge in [0.25, 0.3) is 0 Å². The van der Waals surface area contributed by atoms with E-state index in [0.717, 1.165) is 51.6 Å². The molecule has 3 rings (SSSR count). The molecule has 1 aromatic heterocycles. The maximum atomic E-state index is 12.4. The molecule has 1 aromatic rings. The standard InChI is InChI=1S/C17H26N4O2/c1-21-11-2-4-13(12-21)16(22)20-14-5-7-15(8-6-14)23-17-18-9-3-10-19-17/h3,9-10,13-15H,2,4-8,11-12H2,1H3,(H,20,22)/t13-,14?,15?/m1/s1. The molecule has 1 aliphatic carbocycles. The van der Waals surface area contributed by atoms with E-state index in [1.165, 1.54) is 0 Å². The lowest BCUT2D eigenvalue weighted by Gasteiger charge is -2.32. The Labute approximate surface area is 137 Å². The molecule has 126 valence electrons. The Kier molecular flexibility index (Phi) is 5.43. The van der Waals surface area contributed by atoms with Crippen LogP contribution in [0.3, 0.4) is 0 Å². The molecule has 0 spiro atoms. The molecule has 0 bridgehead atoms. The smallest absolute Gasteiger partial charge is 0.316 e. The first kappa shape index (κ1) is 16.2. The molecule has 0 aromatic carbocycles. The average Bonchev–Trinajstić information content (AvgIpc) is 2.57. The third-order valence-electron chi connectivity index (χ3n) is 4.83. The number of piperidine rings is 1. The molecule has 1 N–H and O–H groups in total. The summed E-state index contributed by atoms with van der Waals surface area (Å²) >= 11 is 0. The Morgan fingerprint density at radius 3 is 2.65 bits per heavy atom. The molecule has 1 saturated carbocycles. The zero-order chi connectivity index (χ0) is 16.1. The molecule has 23 heavy (non-hydrogen) atoms. The van der Waals surface area contributed by atoms with Gasteiger partial charge in [-0.2, -0.15) is 0 Å². The fraction of sp³-hybridized carbons (Fsp3) is 0.706. The number of aromatic nitrogens is 2. The lowest BCUT2D eigenvalue weighted by Crippen LogP contribution is -2.46. The normalized spacial score (nSPS) is 29.0. The predicted molar refractivity (Wildman–Crippen MR) is 87.1 cm³/mol. The van der Waals surface area contributed by atoms with Gasteiger partial charge in [-0.25, -0.2) is 9.97 Å². The Morgan fingerprint density at radius 1 is 1.22 bits per heavy atom. The van der Waals surface area contributed by atoms with E-state index in [0.29, 0.717) is 6.01 Å². The summed E-state index contributed by atoms with van der Waals surface area (Å²) in [6.07, 6.45) is 9.47. The molecular weight excluding hydrogens is 292 g/mol. The second kappa shape index (κ2) is 7.73. The number of hydrogen-bond acceptors (Lipinski definition) is 5. The van der Waals surface area contributed by atoms with E-state index in [1.807, 2.05) is 0 Å². The van der Waals surface area contributed by atoms with Gasteiger partial charge >= 0.3 is 6.01 Å². The summed E-state index contributed by atoms with van der Waals surface area (Å²) in [6.45, 7) is 1.99. The van der Waals surface area contributed by atoms with Crippen molar-refractivity contribution in [3.63, 3.8) is 0 Å². The number of likely N-dealkylation sites (tertiary alicyclic amines) is 1. The number of nitrogens with zero attached hydrogens (tertiary/aromatic N) is 3. The quantitative estimate of drug-likeness (QED) is 0.914. The van der Waals surface area contributed by atoms with Gasteiger partial charge in [-0.15, -0.1) is 0 Å². The van der Waals surface area contributed by atoms with Gasteiger partial charge in [0.1, 0.15) is 6.10 Å². The van der Waals surface area contributed by atoms with Crippen molar-refractivity contribution in [3.8, 4) is 6.01 Å². The van der Waals surface area contributed by atoms with E-state index in [4.69, 9.17) is 4.74 Å². The topological polar surface area (TPSA) is 67.4 Å². The molecule has 2 fully saturated rings. The van der Waals surface area contributed by atoms with Crippen molar-refractivity contribution in [2.24, 2.45) is 5.92 Å². The number of rotatable bonds is 4. The van der Waals surface area contributed by atoms with Crippen molar-refractivity contribution in [3.05, 3.63) is 18.5 Å². The summed E-state index contributed by atoms with van der Waals surface area (Å²) in [5.74, 6) is 0.382. The van der Waals surface area contributed by atoms with Crippen molar-refractivity contribution in [1.82, 2.24) is 20.2 Å². The Morgan fingerprint density at radius 2 is 1.96 bits per heavy atom. The van der Waals surface area contributed by atoms with Gasteiger partial charge in [-0.05, 0) is 58.2 Å². The van der Waals surface area contributed by atoms with Crippen molar-refractivity contribution in [2.45, 2.75) is 50.7 Å². The summed E-state index contributed by atoms with van der Waals surface area (Å²) in [5.41, 5.74) is 0. The predicted octanol–water partition coefficient (Wildman–Crippen LogP) is 1.62. The van der Waals surface area contributed by atoms with Gasteiger partial charge in [0, 0.05) is 25.0 Å². The second-order valence-electron chi connectivity index (χ2n) is 6.73. The Bertz CT molecular complexity index is 503. The van der Waals surface area contributed by atoms with Crippen molar-refractivity contribution < 1.29 is 9.53 Å². The van der Waals surface area contributed by atoms with Crippen LogP contribution in [-0.4, -0.2) is 53.1 Å². The van der Waals surface area contributed by atoms with Gasteiger partial charge in [-0.3, -0.25) is 4.79 Å². The molecule has 2 heterocycles. The first-order valence-corrected chi connectivity index (χ1v) is 8.63. The molecule has 2 aliphatic rings. The summed E-state index contributed by atoms with van der Waals surface area (Å²) < 4.78 is 5.80. The van der Waals surface area contributed by atoms with Crippen LogP contribution >= 0.6 is 0 Å². The van der Waals surface area contributed by atoms with E-state index in [-0.39, 0.29) is 24.0 Å². The molecule has 0 radical (unpaired) electrons. The van der Waals surface area contributed by atoms with Crippen molar-refractivity contribution in [2.75, 3.05) is 20.1 Å². The fourth-order valence-electron chi connectivity index (χ4n) is 3.52. The summed E-state index contributed by atoms with van der Waals surface area (Å²) in [6, 6.07) is 2.51. The maximum Gasteiger partial charge on any atom is 0.316 e. The highest BCUT2D eigenvalue weighted by atomic mass is 16.5. The van der Waals surface area contributed by atoms with E-state index in [2.05, 4.69) is 27.2 Å². The lowest BCUT2D eigenvalue weighted by molar-refractivity contribution is -0.127. The molecule has 1 atom stereocenters. The Balaban J connectivity index is 1.41. The summed E-state index contributed by atoms with van der Waals surface area (Å²) in [7, 11) is 2.09. The van der Waals surface area contributed by atoms with E-state index in [9.17, 15) is 4.79 Å². The fourth-order valence-corrected chi connectivity index (χ4v) is 3.52. The zero-order valence-corrected chi connectivity index (χ0v) is 13.8. The van der Waals surface area contributed by atoms with Crippen molar-refractivity contribution >= 4 is 5.91 Å². The lowest BCUT2D eigenvalue weighted by atomic mass is 9.91. The Hall–Kier alpha value is -1.69. The number of ether oxygens (including phenoxy) is 1. The minimum atomic E-state index is 0.153. The van der Waals surface area contributed by atoms with Gasteiger partial charge in [0.15, 0.2) is 0 Å². The van der Waals surface area contributed by atoms with Gasteiger partial charge in [0.2, 0.25) is 5.91 Å². The van der Waals surface area contributed by atoms with Crippen LogP contribution in [0, 0.1) is 5.92 Å². The monoisotopic (exact) mass is 318 g/mol. The van der Waals surface area contributed by atoms with Crippen LogP contribution in [0.4, 0.5) is 0 Å². The number of carbonyl (C=O) groups is 1. The first-order chi connectivity index (χ1) is 11.2. The highest BCUT2D eigenvalue weighted by Crippen LogP contribution is 2.23. The maximum absolute atomic E-state index is 12.4. The minimum absolute atomic E-state index is 0.153. The number of carbonyl (C=O) groups excluding carboxylic acids is 1. The van der Waals surface area contributed by atoms with Crippen molar-refractivity contribution in [1.29, 1.82) is 0 Å². The molecule has 1 aliphatic heterocycles. The molecule has 1 saturated heterocycles.